The molecular weight excluding hydrogens is 428 g/mol. The maximum absolute atomic E-state index is 13.1. The third-order valence-corrected chi connectivity index (χ3v) is 6.54. The summed E-state index contributed by atoms with van der Waals surface area (Å²) in [6.07, 6.45) is 2.63. The first-order chi connectivity index (χ1) is 16.4. The molecule has 0 spiro atoms. The zero-order valence-corrected chi connectivity index (χ0v) is 20.0. The van der Waals surface area contributed by atoms with Crippen LogP contribution in [0, 0.1) is 0 Å². The highest BCUT2D eigenvalue weighted by Gasteiger charge is 2.22. The van der Waals surface area contributed by atoms with Crippen LogP contribution in [0.2, 0.25) is 0 Å². The Bertz CT molecular complexity index is 1420. The van der Waals surface area contributed by atoms with Crippen LogP contribution in [0.4, 0.5) is 11.6 Å². The average molecular weight is 459 g/mol. The number of hydrogen-bond acceptors (Lipinski definition) is 7. The number of benzene rings is 1. The molecule has 3 aromatic heterocycles. The van der Waals surface area contributed by atoms with E-state index in [0.717, 1.165) is 30.9 Å². The van der Waals surface area contributed by atoms with Crippen molar-refractivity contribution in [2.24, 2.45) is 0 Å². The van der Waals surface area contributed by atoms with Crippen molar-refractivity contribution in [3.63, 3.8) is 0 Å². The summed E-state index contributed by atoms with van der Waals surface area (Å²) in [5.41, 5.74) is 4.50. The van der Waals surface area contributed by atoms with E-state index < -0.39 is 0 Å². The monoisotopic (exact) mass is 458 g/mol. The van der Waals surface area contributed by atoms with Gasteiger partial charge in [0.2, 0.25) is 5.95 Å². The van der Waals surface area contributed by atoms with E-state index in [9.17, 15) is 4.79 Å². The minimum Gasteiger partial charge on any atom is -0.324 e. The Morgan fingerprint density at radius 1 is 1.15 bits per heavy atom. The lowest BCUT2D eigenvalue weighted by Crippen LogP contribution is -2.34. The normalized spacial score (nSPS) is 13.8. The lowest BCUT2D eigenvalue weighted by Gasteiger charge is -2.24. The highest BCUT2D eigenvalue weighted by molar-refractivity contribution is 5.77. The number of rotatable bonds is 6. The Kier molecular flexibility index (Phi) is 5.66. The summed E-state index contributed by atoms with van der Waals surface area (Å²) < 4.78 is 3.43. The van der Waals surface area contributed by atoms with Crippen molar-refractivity contribution in [2.75, 3.05) is 18.9 Å². The molecule has 1 aromatic carbocycles. The average Bonchev–Trinajstić information content (AvgIpc) is 3.14. The molecule has 176 valence electrons. The molecular formula is C25H30N8O. The molecule has 0 saturated heterocycles. The molecule has 0 saturated carbocycles. The van der Waals surface area contributed by atoms with Gasteiger partial charge in [-0.2, -0.15) is 4.98 Å². The van der Waals surface area contributed by atoms with Gasteiger partial charge in [0.15, 0.2) is 11.5 Å². The van der Waals surface area contributed by atoms with Crippen LogP contribution in [0.3, 0.4) is 0 Å². The SMILES string of the molecule is CCn1c(=O)c2cnc(Nc3ccc4c(c3)CNCC4)nc2n1-c1cccc(C(C)(C)NC)n1. The molecule has 9 heteroatoms. The maximum atomic E-state index is 13.1. The Morgan fingerprint density at radius 2 is 2.00 bits per heavy atom. The van der Waals surface area contributed by atoms with Crippen LogP contribution in [0.25, 0.3) is 16.9 Å². The maximum Gasteiger partial charge on any atom is 0.278 e. The fraction of sp³-hybridized carbons (Fsp3) is 0.360. The second kappa shape index (κ2) is 8.66. The molecule has 0 amide bonds. The lowest BCUT2D eigenvalue weighted by atomic mass is 10.0. The molecule has 1 aliphatic rings. The van der Waals surface area contributed by atoms with E-state index in [1.54, 1.807) is 15.6 Å². The van der Waals surface area contributed by atoms with Crippen molar-refractivity contribution in [1.82, 2.24) is 34.9 Å². The summed E-state index contributed by atoms with van der Waals surface area (Å²) in [7, 11) is 1.91. The molecule has 0 bridgehead atoms. The summed E-state index contributed by atoms with van der Waals surface area (Å²) in [4.78, 5) is 27.2. The first-order valence-corrected chi connectivity index (χ1v) is 11.7. The number of anilines is 2. The molecule has 0 unspecified atom stereocenters. The van der Waals surface area contributed by atoms with Crippen molar-refractivity contribution in [2.45, 2.75) is 45.8 Å². The smallest absolute Gasteiger partial charge is 0.278 e. The molecule has 3 N–H and O–H groups in total. The van der Waals surface area contributed by atoms with Crippen molar-refractivity contribution < 1.29 is 0 Å². The zero-order chi connectivity index (χ0) is 23.9. The van der Waals surface area contributed by atoms with Crippen molar-refractivity contribution in [3.8, 4) is 5.82 Å². The minimum atomic E-state index is -0.320. The van der Waals surface area contributed by atoms with Gasteiger partial charge in [-0.25, -0.2) is 19.3 Å². The van der Waals surface area contributed by atoms with Gasteiger partial charge >= 0.3 is 0 Å². The van der Waals surface area contributed by atoms with Gasteiger partial charge in [0.05, 0.1) is 11.2 Å². The standard InChI is InChI=1S/C25H30N8O/c1-5-32-23(34)19-15-28-24(29-18-10-9-16-11-12-27-14-17(16)13-18)31-22(19)33(32)21-8-6-7-20(30-21)25(2,3)26-4/h6-10,13,15,26-27H,5,11-12,14H2,1-4H3,(H,28,29,31). The van der Waals surface area contributed by atoms with Crippen LogP contribution in [0.1, 0.15) is 37.6 Å². The highest BCUT2D eigenvalue weighted by atomic mass is 16.1. The van der Waals surface area contributed by atoms with Crippen LogP contribution in [-0.2, 0) is 25.0 Å². The Labute approximate surface area is 198 Å². The molecule has 0 atom stereocenters. The van der Waals surface area contributed by atoms with Gasteiger partial charge in [0, 0.05) is 25.0 Å². The Hall–Kier alpha value is -3.56. The first-order valence-electron chi connectivity index (χ1n) is 11.7. The predicted octanol–water partition coefficient (Wildman–Crippen LogP) is 2.84. The summed E-state index contributed by atoms with van der Waals surface area (Å²) in [6, 6.07) is 12.2. The van der Waals surface area contributed by atoms with E-state index in [0.29, 0.717) is 29.3 Å². The number of pyridine rings is 1. The summed E-state index contributed by atoms with van der Waals surface area (Å²) in [5.74, 6) is 1.07. The zero-order valence-electron chi connectivity index (χ0n) is 20.0. The molecule has 5 rings (SSSR count). The first kappa shape index (κ1) is 22.2. The van der Waals surface area contributed by atoms with Crippen molar-refractivity contribution >= 4 is 22.7 Å². The van der Waals surface area contributed by atoms with Gasteiger partial charge in [0.1, 0.15) is 5.39 Å². The van der Waals surface area contributed by atoms with E-state index in [-0.39, 0.29) is 11.1 Å². The third kappa shape index (κ3) is 3.86. The quantitative estimate of drug-likeness (QED) is 0.408. The molecule has 0 radical (unpaired) electrons. The molecule has 0 aliphatic carbocycles. The van der Waals surface area contributed by atoms with Gasteiger partial charge in [-0.3, -0.25) is 4.79 Å². The summed E-state index contributed by atoms with van der Waals surface area (Å²) >= 11 is 0. The largest absolute Gasteiger partial charge is 0.324 e. The van der Waals surface area contributed by atoms with Crippen LogP contribution in [0.15, 0.2) is 47.4 Å². The van der Waals surface area contributed by atoms with Gasteiger partial charge in [-0.05, 0) is 76.2 Å². The number of nitrogens with zero attached hydrogens (tertiary/aromatic N) is 5. The van der Waals surface area contributed by atoms with Crippen LogP contribution in [-0.4, -0.2) is 37.9 Å². The number of nitrogens with one attached hydrogen (secondary N) is 3. The summed E-state index contributed by atoms with van der Waals surface area (Å²) in [5, 5.41) is 10.5. The van der Waals surface area contributed by atoms with Crippen LogP contribution >= 0.6 is 0 Å². The van der Waals surface area contributed by atoms with Crippen molar-refractivity contribution in [3.05, 3.63) is 69.8 Å². The number of aromatic nitrogens is 5. The number of hydrogen-bond donors (Lipinski definition) is 3. The van der Waals surface area contributed by atoms with Crippen molar-refractivity contribution in [1.29, 1.82) is 0 Å². The lowest BCUT2D eigenvalue weighted by molar-refractivity contribution is 0.429. The van der Waals surface area contributed by atoms with Crippen LogP contribution < -0.4 is 21.5 Å². The van der Waals surface area contributed by atoms with E-state index >= 15 is 0 Å². The Balaban J connectivity index is 1.60. The van der Waals surface area contributed by atoms with Gasteiger partial charge in [-0.1, -0.05) is 12.1 Å². The molecule has 9 nitrogen and oxygen atoms in total. The topological polar surface area (TPSA) is 102 Å². The second-order valence-corrected chi connectivity index (χ2v) is 9.05. The molecule has 0 fully saturated rings. The van der Waals surface area contributed by atoms with Gasteiger partial charge < -0.3 is 16.0 Å². The second-order valence-electron chi connectivity index (χ2n) is 9.05. The molecule has 34 heavy (non-hydrogen) atoms. The molecule has 4 heterocycles. The van der Waals surface area contributed by atoms with Crippen LogP contribution in [0.5, 0.6) is 0 Å². The van der Waals surface area contributed by atoms with Gasteiger partial charge in [0.25, 0.3) is 5.56 Å². The van der Waals surface area contributed by atoms with E-state index in [1.165, 1.54) is 11.1 Å². The third-order valence-electron chi connectivity index (χ3n) is 6.54. The Morgan fingerprint density at radius 3 is 2.79 bits per heavy atom. The van der Waals surface area contributed by atoms with Gasteiger partial charge in [-0.15, -0.1) is 0 Å². The fourth-order valence-electron chi connectivity index (χ4n) is 4.31. The predicted molar refractivity (Wildman–Crippen MR) is 134 cm³/mol. The molecule has 4 aromatic rings. The minimum absolute atomic E-state index is 0.135. The summed E-state index contributed by atoms with van der Waals surface area (Å²) in [6.45, 7) is 8.42. The highest BCUT2D eigenvalue weighted by Crippen LogP contribution is 2.23. The van der Waals surface area contributed by atoms with E-state index in [1.807, 2.05) is 38.2 Å². The fourth-order valence-corrected chi connectivity index (χ4v) is 4.31. The molecule has 1 aliphatic heterocycles. The van der Waals surface area contributed by atoms with E-state index in [2.05, 4.69) is 46.9 Å². The van der Waals surface area contributed by atoms with E-state index in [4.69, 9.17) is 9.97 Å². The number of fused-ring (bicyclic) bond motifs is 2.